The van der Waals surface area contributed by atoms with Crippen LogP contribution in [0.4, 0.5) is 0 Å². The van der Waals surface area contributed by atoms with Crippen molar-refractivity contribution in [1.82, 2.24) is 4.90 Å². The first-order valence-electron chi connectivity index (χ1n) is 5.92. The molecule has 0 aromatic carbocycles. The van der Waals surface area contributed by atoms with Crippen LogP contribution in [-0.4, -0.2) is 24.5 Å². The fourth-order valence-corrected chi connectivity index (χ4v) is 1.50. The average molecular weight is 185 g/mol. The number of nitrogens with zero attached hydrogens (tertiary/aromatic N) is 1. The van der Waals surface area contributed by atoms with Gasteiger partial charge in [-0.05, 0) is 33.4 Å². The molecule has 1 unspecified atom stereocenters. The standard InChI is InChI=1S/C12H27N/c1-5-7-8-9-10-11-13(4)12(3)6-2/h12H,5-11H2,1-4H3. The van der Waals surface area contributed by atoms with Crippen LogP contribution in [0.3, 0.4) is 0 Å². The van der Waals surface area contributed by atoms with Gasteiger partial charge in [0.1, 0.15) is 0 Å². The molecule has 0 aliphatic rings. The van der Waals surface area contributed by atoms with Gasteiger partial charge in [0, 0.05) is 6.04 Å². The number of rotatable bonds is 8. The maximum Gasteiger partial charge on any atom is 0.00612 e. The van der Waals surface area contributed by atoms with E-state index in [-0.39, 0.29) is 0 Å². The zero-order valence-electron chi connectivity index (χ0n) is 9.97. The van der Waals surface area contributed by atoms with Gasteiger partial charge in [-0.25, -0.2) is 0 Å². The Morgan fingerprint density at radius 3 is 2.15 bits per heavy atom. The fourth-order valence-electron chi connectivity index (χ4n) is 1.50. The van der Waals surface area contributed by atoms with Crippen LogP contribution in [-0.2, 0) is 0 Å². The number of hydrogen-bond acceptors (Lipinski definition) is 1. The van der Waals surface area contributed by atoms with Crippen molar-refractivity contribution in [2.75, 3.05) is 13.6 Å². The Hall–Kier alpha value is -0.0400. The summed E-state index contributed by atoms with van der Waals surface area (Å²) in [5, 5.41) is 0. The molecule has 0 heterocycles. The highest BCUT2D eigenvalue weighted by Gasteiger charge is 2.04. The molecule has 0 aliphatic heterocycles. The van der Waals surface area contributed by atoms with Gasteiger partial charge in [-0.2, -0.15) is 0 Å². The van der Waals surface area contributed by atoms with Crippen LogP contribution < -0.4 is 0 Å². The Kier molecular flexibility index (Phi) is 8.53. The number of hydrogen-bond donors (Lipinski definition) is 0. The molecule has 0 rings (SSSR count). The van der Waals surface area contributed by atoms with Gasteiger partial charge in [-0.1, -0.05) is 39.5 Å². The smallest absolute Gasteiger partial charge is 0.00612 e. The van der Waals surface area contributed by atoms with Crippen molar-refractivity contribution < 1.29 is 0 Å². The van der Waals surface area contributed by atoms with E-state index < -0.39 is 0 Å². The molecule has 80 valence electrons. The molecule has 0 aromatic heterocycles. The summed E-state index contributed by atoms with van der Waals surface area (Å²) in [5.41, 5.74) is 0. The summed E-state index contributed by atoms with van der Waals surface area (Å²) in [4.78, 5) is 2.48. The lowest BCUT2D eigenvalue weighted by Crippen LogP contribution is -2.29. The van der Waals surface area contributed by atoms with E-state index in [1.807, 2.05) is 0 Å². The van der Waals surface area contributed by atoms with Gasteiger partial charge in [0.2, 0.25) is 0 Å². The summed E-state index contributed by atoms with van der Waals surface area (Å²) < 4.78 is 0. The van der Waals surface area contributed by atoms with Crippen LogP contribution in [0.5, 0.6) is 0 Å². The molecule has 0 bridgehead atoms. The lowest BCUT2D eigenvalue weighted by Gasteiger charge is -2.23. The summed E-state index contributed by atoms with van der Waals surface area (Å²) in [6.07, 6.45) is 8.24. The van der Waals surface area contributed by atoms with Crippen molar-refractivity contribution >= 4 is 0 Å². The van der Waals surface area contributed by atoms with Gasteiger partial charge in [-0.3, -0.25) is 0 Å². The molecular formula is C12H27N. The third kappa shape index (κ3) is 7.06. The molecule has 0 aromatic rings. The van der Waals surface area contributed by atoms with E-state index in [9.17, 15) is 0 Å². The van der Waals surface area contributed by atoms with Gasteiger partial charge in [0.15, 0.2) is 0 Å². The monoisotopic (exact) mass is 185 g/mol. The third-order valence-electron chi connectivity index (χ3n) is 2.96. The normalized spacial score (nSPS) is 13.6. The van der Waals surface area contributed by atoms with Crippen LogP contribution in [0.15, 0.2) is 0 Å². The van der Waals surface area contributed by atoms with Crippen molar-refractivity contribution in [3.05, 3.63) is 0 Å². The Morgan fingerprint density at radius 2 is 1.62 bits per heavy atom. The van der Waals surface area contributed by atoms with E-state index in [2.05, 4.69) is 32.7 Å². The summed E-state index contributed by atoms with van der Waals surface area (Å²) in [6.45, 7) is 8.12. The molecular weight excluding hydrogens is 158 g/mol. The van der Waals surface area contributed by atoms with Gasteiger partial charge in [0.25, 0.3) is 0 Å². The quantitative estimate of drug-likeness (QED) is 0.521. The van der Waals surface area contributed by atoms with Crippen LogP contribution >= 0.6 is 0 Å². The van der Waals surface area contributed by atoms with Crippen LogP contribution in [0, 0.1) is 0 Å². The SMILES string of the molecule is CCCCCCCN(C)C(C)CC. The fraction of sp³-hybridized carbons (Fsp3) is 1.00. The molecule has 1 nitrogen and oxygen atoms in total. The van der Waals surface area contributed by atoms with E-state index in [0.29, 0.717) is 0 Å². The maximum atomic E-state index is 2.48. The predicted octanol–water partition coefficient (Wildman–Crippen LogP) is 3.69. The minimum absolute atomic E-state index is 0.756. The van der Waals surface area contributed by atoms with Crippen molar-refractivity contribution in [2.24, 2.45) is 0 Å². The number of unbranched alkanes of at least 4 members (excludes halogenated alkanes) is 4. The molecule has 0 saturated carbocycles. The molecule has 0 amide bonds. The minimum Gasteiger partial charge on any atom is -0.304 e. The zero-order valence-corrected chi connectivity index (χ0v) is 9.97. The minimum atomic E-state index is 0.756. The van der Waals surface area contributed by atoms with Gasteiger partial charge in [-0.15, -0.1) is 0 Å². The van der Waals surface area contributed by atoms with Crippen molar-refractivity contribution in [3.8, 4) is 0 Å². The third-order valence-corrected chi connectivity index (χ3v) is 2.96. The average Bonchev–Trinajstić information content (AvgIpc) is 2.16. The van der Waals surface area contributed by atoms with Crippen molar-refractivity contribution in [2.45, 2.75) is 65.3 Å². The Bertz CT molecular complexity index is 101. The van der Waals surface area contributed by atoms with Gasteiger partial charge >= 0.3 is 0 Å². The topological polar surface area (TPSA) is 3.24 Å². The highest BCUT2D eigenvalue weighted by atomic mass is 15.1. The molecule has 0 aliphatic carbocycles. The Balaban J connectivity index is 3.21. The van der Waals surface area contributed by atoms with Gasteiger partial charge < -0.3 is 4.90 Å². The first-order chi connectivity index (χ1) is 6.22. The highest BCUT2D eigenvalue weighted by Crippen LogP contribution is 2.06. The van der Waals surface area contributed by atoms with Crippen LogP contribution in [0.2, 0.25) is 0 Å². The Labute approximate surface area is 84.5 Å². The summed E-state index contributed by atoms with van der Waals surface area (Å²) in [6, 6.07) is 0.756. The largest absolute Gasteiger partial charge is 0.304 e. The zero-order chi connectivity index (χ0) is 10.1. The van der Waals surface area contributed by atoms with E-state index in [1.165, 1.54) is 45.1 Å². The van der Waals surface area contributed by atoms with Crippen LogP contribution in [0.1, 0.15) is 59.3 Å². The molecule has 0 fully saturated rings. The first-order valence-corrected chi connectivity index (χ1v) is 5.92. The second kappa shape index (κ2) is 8.55. The van der Waals surface area contributed by atoms with Gasteiger partial charge in [0.05, 0.1) is 0 Å². The lowest BCUT2D eigenvalue weighted by molar-refractivity contribution is 0.246. The summed E-state index contributed by atoms with van der Waals surface area (Å²) in [7, 11) is 2.24. The summed E-state index contributed by atoms with van der Waals surface area (Å²) in [5.74, 6) is 0. The molecule has 13 heavy (non-hydrogen) atoms. The second-order valence-electron chi connectivity index (χ2n) is 4.15. The Morgan fingerprint density at radius 1 is 1.00 bits per heavy atom. The highest BCUT2D eigenvalue weighted by molar-refractivity contribution is 4.60. The molecule has 0 spiro atoms. The second-order valence-corrected chi connectivity index (χ2v) is 4.15. The molecule has 0 N–H and O–H groups in total. The van der Waals surface area contributed by atoms with E-state index in [0.717, 1.165) is 6.04 Å². The predicted molar refractivity (Wildman–Crippen MR) is 61.1 cm³/mol. The molecule has 1 heteroatoms. The van der Waals surface area contributed by atoms with E-state index in [1.54, 1.807) is 0 Å². The van der Waals surface area contributed by atoms with Crippen molar-refractivity contribution in [3.63, 3.8) is 0 Å². The van der Waals surface area contributed by atoms with Crippen molar-refractivity contribution in [1.29, 1.82) is 0 Å². The molecule has 0 saturated heterocycles. The lowest BCUT2D eigenvalue weighted by atomic mass is 10.1. The molecule has 1 atom stereocenters. The van der Waals surface area contributed by atoms with E-state index >= 15 is 0 Å². The van der Waals surface area contributed by atoms with E-state index in [4.69, 9.17) is 0 Å². The van der Waals surface area contributed by atoms with Crippen LogP contribution in [0.25, 0.3) is 0 Å². The first kappa shape index (κ1) is 13.0. The maximum absolute atomic E-state index is 2.48. The summed E-state index contributed by atoms with van der Waals surface area (Å²) >= 11 is 0. The molecule has 0 radical (unpaired) electrons.